The van der Waals surface area contributed by atoms with Gasteiger partial charge in [-0.3, -0.25) is 9.59 Å². The number of para-hydroxylation sites is 1. The van der Waals surface area contributed by atoms with Gasteiger partial charge in [0.25, 0.3) is 5.91 Å². The maximum absolute atomic E-state index is 12.7. The number of benzene rings is 1. The van der Waals surface area contributed by atoms with Crippen LogP contribution in [-0.2, 0) is 19.5 Å². The van der Waals surface area contributed by atoms with Gasteiger partial charge in [0.2, 0.25) is 5.43 Å². The van der Waals surface area contributed by atoms with Crippen molar-refractivity contribution in [1.29, 1.82) is 0 Å². The highest BCUT2D eigenvalue weighted by Gasteiger charge is 2.19. The zero-order chi connectivity index (χ0) is 15.8. The lowest BCUT2D eigenvalue weighted by Crippen LogP contribution is -2.30. The fourth-order valence-corrected chi connectivity index (χ4v) is 3.19. The molecule has 3 heterocycles. The molecule has 1 N–H and O–H groups in total. The van der Waals surface area contributed by atoms with Crippen LogP contribution in [0.1, 0.15) is 28.1 Å². The average molecular weight is 308 g/mol. The molecule has 0 saturated carbocycles. The SMILES string of the molecule is O=C(NCc1ccco1)c1cn2c3c(cccc3c1=O)CCC2. The van der Waals surface area contributed by atoms with E-state index >= 15 is 0 Å². The minimum Gasteiger partial charge on any atom is -0.467 e. The van der Waals surface area contributed by atoms with Gasteiger partial charge in [-0.25, -0.2) is 0 Å². The Morgan fingerprint density at radius 3 is 3.00 bits per heavy atom. The smallest absolute Gasteiger partial charge is 0.257 e. The Bertz CT molecular complexity index is 939. The Labute approximate surface area is 132 Å². The molecule has 116 valence electrons. The molecule has 0 fully saturated rings. The number of hydrogen-bond acceptors (Lipinski definition) is 3. The number of amides is 1. The number of rotatable bonds is 3. The third-order valence-electron chi connectivity index (χ3n) is 4.27. The second kappa shape index (κ2) is 5.43. The van der Waals surface area contributed by atoms with Crippen LogP contribution in [0, 0.1) is 0 Å². The van der Waals surface area contributed by atoms with Crippen molar-refractivity contribution >= 4 is 16.8 Å². The van der Waals surface area contributed by atoms with Crippen LogP contribution in [0.5, 0.6) is 0 Å². The molecular weight excluding hydrogens is 292 g/mol. The van der Waals surface area contributed by atoms with Gasteiger partial charge in [-0.15, -0.1) is 0 Å². The summed E-state index contributed by atoms with van der Waals surface area (Å²) in [6.45, 7) is 1.09. The summed E-state index contributed by atoms with van der Waals surface area (Å²) in [5.74, 6) is 0.288. The van der Waals surface area contributed by atoms with Crippen molar-refractivity contribution in [3.8, 4) is 0 Å². The van der Waals surface area contributed by atoms with Crippen molar-refractivity contribution in [1.82, 2.24) is 9.88 Å². The second-order valence-electron chi connectivity index (χ2n) is 5.74. The number of carbonyl (C=O) groups is 1. The van der Waals surface area contributed by atoms with Gasteiger partial charge in [0, 0.05) is 18.1 Å². The van der Waals surface area contributed by atoms with Crippen LogP contribution in [0.15, 0.2) is 52.0 Å². The Balaban J connectivity index is 1.74. The summed E-state index contributed by atoms with van der Waals surface area (Å²) in [6.07, 6.45) is 5.23. The molecule has 1 aromatic carbocycles. The number of nitrogens with zero attached hydrogens (tertiary/aromatic N) is 1. The van der Waals surface area contributed by atoms with Gasteiger partial charge in [-0.1, -0.05) is 12.1 Å². The predicted octanol–water partition coefficient (Wildman–Crippen LogP) is 2.47. The van der Waals surface area contributed by atoms with Crippen LogP contribution < -0.4 is 10.7 Å². The summed E-state index contributed by atoms with van der Waals surface area (Å²) in [7, 11) is 0. The lowest BCUT2D eigenvalue weighted by molar-refractivity contribution is 0.0946. The zero-order valence-corrected chi connectivity index (χ0v) is 12.5. The van der Waals surface area contributed by atoms with Gasteiger partial charge in [0.1, 0.15) is 11.3 Å². The highest BCUT2D eigenvalue weighted by molar-refractivity contribution is 5.97. The first-order valence-corrected chi connectivity index (χ1v) is 7.69. The molecule has 5 nitrogen and oxygen atoms in total. The molecule has 1 aliphatic heterocycles. The Morgan fingerprint density at radius 2 is 2.17 bits per heavy atom. The van der Waals surface area contributed by atoms with E-state index < -0.39 is 0 Å². The van der Waals surface area contributed by atoms with Crippen molar-refractivity contribution in [2.75, 3.05) is 0 Å². The molecule has 0 aliphatic carbocycles. The normalized spacial score (nSPS) is 13.2. The Morgan fingerprint density at radius 1 is 1.26 bits per heavy atom. The summed E-state index contributed by atoms with van der Waals surface area (Å²) in [4.78, 5) is 25.1. The number of hydrogen-bond donors (Lipinski definition) is 1. The van der Waals surface area contributed by atoms with E-state index in [2.05, 4.69) is 5.32 Å². The molecule has 0 bridgehead atoms. The van der Waals surface area contributed by atoms with Gasteiger partial charge in [0.15, 0.2) is 0 Å². The van der Waals surface area contributed by atoms with Crippen LogP contribution in [0.3, 0.4) is 0 Å². The lowest BCUT2D eigenvalue weighted by Gasteiger charge is -2.20. The molecule has 1 amide bonds. The molecule has 2 aromatic heterocycles. The molecule has 3 aromatic rings. The fourth-order valence-electron chi connectivity index (χ4n) is 3.19. The predicted molar refractivity (Wildman–Crippen MR) is 86.4 cm³/mol. The Hall–Kier alpha value is -2.82. The number of aryl methyl sites for hydroxylation is 2. The maximum atomic E-state index is 12.7. The van der Waals surface area contributed by atoms with E-state index in [9.17, 15) is 9.59 Å². The maximum Gasteiger partial charge on any atom is 0.257 e. The summed E-state index contributed by atoms with van der Waals surface area (Å²) in [5, 5.41) is 3.36. The highest BCUT2D eigenvalue weighted by Crippen LogP contribution is 2.23. The van der Waals surface area contributed by atoms with Crippen LogP contribution in [0.2, 0.25) is 0 Å². The monoisotopic (exact) mass is 308 g/mol. The number of aromatic nitrogens is 1. The third kappa shape index (κ3) is 2.34. The molecule has 0 spiro atoms. The first kappa shape index (κ1) is 13.8. The molecule has 1 aliphatic rings. The topological polar surface area (TPSA) is 64.2 Å². The van der Waals surface area contributed by atoms with Crippen LogP contribution in [0.4, 0.5) is 0 Å². The van der Waals surface area contributed by atoms with Crippen LogP contribution in [0.25, 0.3) is 10.9 Å². The van der Waals surface area contributed by atoms with E-state index in [1.165, 1.54) is 5.56 Å². The van der Waals surface area contributed by atoms with Crippen molar-refractivity contribution in [2.45, 2.75) is 25.9 Å². The molecule has 23 heavy (non-hydrogen) atoms. The van der Waals surface area contributed by atoms with Gasteiger partial charge in [-0.2, -0.15) is 0 Å². The first-order chi connectivity index (χ1) is 11.2. The van der Waals surface area contributed by atoms with Gasteiger partial charge in [-0.05, 0) is 36.6 Å². The quantitative estimate of drug-likeness (QED) is 0.808. The zero-order valence-electron chi connectivity index (χ0n) is 12.5. The largest absolute Gasteiger partial charge is 0.467 e. The summed E-state index contributed by atoms with van der Waals surface area (Å²) < 4.78 is 7.22. The number of nitrogens with one attached hydrogen (secondary N) is 1. The van der Waals surface area contributed by atoms with Crippen molar-refractivity contribution in [3.63, 3.8) is 0 Å². The number of carbonyl (C=O) groups excluding carboxylic acids is 1. The molecule has 0 unspecified atom stereocenters. The minimum absolute atomic E-state index is 0.183. The van der Waals surface area contributed by atoms with Crippen molar-refractivity contribution in [2.24, 2.45) is 0 Å². The molecule has 0 radical (unpaired) electrons. The molecule has 5 heteroatoms. The van der Waals surface area contributed by atoms with Crippen LogP contribution in [-0.4, -0.2) is 10.5 Å². The summed E-state index contributed by atoms with van der Waals surface area (Å²) >= 11 is 0. The number of furan rings is 1. The second-order valence-corrected chi connectivity index (χ2v) is 5.74. The van der Waals surface area contributed by atoms with E-state index in [1.54, 1.807) is 30.7 Å². The van der Waals surface area contributed by atoms with E-state index in [-0.39, 0.29) is 23.4 Å². The van der Waals surface area contributed by atoms with Gasteiger partial charge >= 0.3 is 0 Å². The van der Waals surface area contributed by atoms with Gasteiger partial charge in [0.05, 0.1) is 18.3 Å². The van der Waals surface area contributed by atoms with Crippen molar-refractivity contribution in [3.05, 3.63) is 69.9 Å². The molecule has 0 saturated heterocycles. The van der Waals surface area contributed by atoms with Gasteiger partial charge < -0.3 is 14.3 Å². The third-order valence-corrected chi connectivity index (χ3v) is 4.27. The number of pyridine rings is 1. The van der Waals surface area contributed by atoms with E-state index in [0.29, 0.717) is 11.1 Å². The van der Waals surface area contributed by atoms with Crippen LogP contribution >= 0.6 is 0 Å². The summed E-state index contributed by atoms with van der Waals surface area (Å²) in [6, 6.07) is 9.28. The first-order valence-electron chi connectivity index (χ1n) is 7.69. The highest BCUT2D eigenvalue weighted by atomic mass is 16.3. The summed E-state index contributed by atoms with van der Waals surface area (Å²) in [5.41, 5.74) is 2.11. The molecule has 4 rings (SSSR count). The van der Waals surface area contributed by atoms with E-state index in [4.69, 9.17) is 4.42 Å². The lowest BCUT2D eigenvalue weighted by atomic mass is 10.00. The molecular formula is C18H16N2O3. The standard InChI is InChI=1S/C18H16N2O3/c21-17-14-7-1-4-12-5-2-8-20(16(12)14)11-15(17)18(22)19-10-13-6-3-9-23-13/h1,3-4,6-7,9,11H,2,5,8,10H2,(H,19,22). The fraction of sp³-hybridized carbons (Fsp3) is 0.222. The van der Waals surface area contributed by atoms with Crippen molar-refractivity contribution < 1.29 is 9.21 Å². The minimum atomic E-state index is -0.368. The van der Waals surface area contributed by atoms with E-state index in [1.807, 2.05) is 16.7 Å². The average Bonchev–Trinajstić information content (AvgIpc) is 3.09. The molecule has 0 atom stereocenters. The Kier molecular flexibility index (Phi) is 3.26. The van der Waals surface area contributed by atoms with E-state index in [0.717, 1.165) is 24.9 Å².